The largest absolute Gasteiger partial charge is 0.507 e. The standard InChI is InChI=1S/C31H25N3O4/c1-17-14-24-25(15-18(17)2)33-31(32-24)34-27(20-10-12-23(38-3)13-11-20)26(29(36)30(34)37)28(35)22-9-8-19-6-4-5-7-21(19)16-22/h4-16,27,35H,1-3H3,(H,32,33)/b28-26+. The van der Waals surface area contributed by atoms with Crippen LogP contribution in [-0.2, 0) is 9.59 Å². The summed E-state index contributed by atoms with van der Waals surface area (Å²) in [6.45, 7) is 4.00. The molecule has 2 heterocycles. The molecule has 1 aromatic heterocycles. The minimum atomic E-state index is -0.893. The molecule has 1 atom stereocenters. The first kappa shape index (κ1) is 23.5. The van der Waals surface area contributed by atoms with Gasteiger partial charge >= 0.3 is 5.91 Å². The van der Waals surface area contributed by atoms with E-state index in [1.807, 2.05) is 62.4 Å². The molecule has 1 saturated heterocycles. The number of fused-ring (bicyclic) bond motifs is 2. The number of Topliss-reactive ketones (excluding diaryl/α,β-unsaturated/α-hetero) is 1. The fourth-order valence-corrected chi connectivity index (χ4v) is 5.01. The van der Waals surface area contributed by atoms with Crippen molar-refractivity contribution in [2.75, 3.05) is 12.0 Å². The normalized spacial score (nSPS) is 17.0. The van der Waals surface area contributed by atoms with Gasteiger partial charge in [-0.05, 0) is 71.6 Å². The Balaban J connectivity index is 1.56. The van der Waals surface area contributed by atoms with E-state index in [1.165, 1.54) is 4.90 Å². The lowest BCUT2D eigenvalue weighted by Gasteiger charge is -2.23. The van der Waals surface area contributed by atoms with Crippen LogP contribution in [0.1, 0.15) is 28.3 Å². The van der Waals surface area contributed by atoms with Crippen LogP contribution in [0.4, 0.5) is 5.95 Å². The van der Waals surface area contributed by atoms with Gasteiger partial charge in [-0.3, -0.25) is 14.5 Å². The first-order valence-electron chi connectivity index (χ1n) is 12.3. The maximum Gasteiger partial charge on any atom is 0.302 e. The lowest BCUT2D eigenvalue weighted by atomic mass is 9.94. The monoisotopic (exact) mass is 503 g/mol. The quantitative estimate of drug-likeness (QED) is 0.179. The van der Waals surface area contributed by atoms with Gasteiger partial charge in [-0.15, -0.1) is 0 Å². The van der Waals surface area contributed by atoms with Crippen LogP contribution in [0.5, 0.6) is 5.75 Å². The molecule has 1 amide bonds. The summed E-state index contributed by atoms with van der Waals surface area (Å²) in [5, 5.41) is 13.4. The number of carbonyl (C=O) groups excluding carboxylic acids is 2. The van der Waals surface area contributed by atoms with Crippen molar-refractivity contribution in [1.82, 2.24) is 9.97 Å². The number of aliphatic hydroxyl groups is 1. The average molecular weight is 504 g/mol. The molecule has 0 aliphatic carbocycles. The molecule has 0 radical (unpaired) electrons. The van der Waals surface area contributed by atoms with E-state index in [1.54, 1.807) is 37.4 Å². The molecule has 0 bridgehead atoms. The highest BCUT2D eigenvalue weighted by Crippen LogP contribution is 2.42. The van der Waals surface area contributed by atoms with E-state index < -0.39 is 17.7 Å². The second-order valence-corrected chi connectivity index (χ2v) is 9.52. The molecular formula is C31H25N3O4. The number of ether oxygens (including phenoxy) is 1. The Bertz CT molecular complexity index is 1740. The van der Waals surface area contributed by atoms with Gasteiger partial charge in [0.05, 0.1) is 29.8 Å². The van der Waals surface area contributed by atoms with Crippen LogP contribution in [0.3, 0.4) is 0 Å². The number of benzene rings is 4. The van der Waals surface area contributed by atoms with Crippen molar-refractivity contribution in [1.29, 1.82) is 0 Å². The SMILES string of the molecule is COc1ccc(C2/C(=C(\O)c3ccc4ccccc4c3)C(=O)C(=O)N2c2nc3cc(C)c(C)cc3[nH]2)cc1. The Morgan fingerprint density at radius 3 is 2.37 bits per heavy atom. The number of nitrogens with one attached hydrogen (secondary N) is 1. The predicted octanol–water partition coefficient (Wildman–Crippen LogP) is 5.97. The van der Waals surface area contributed by atoms with E-state index in [4.69, 9.17) is 4.74 Å². The summed E-state index contributed by atoms with van der Waals surface area (Å²) in [4.78, 5) is 36.3. The zero-order valence-corrected chi connectivity index (χ0v) is 21.1. The molecule has 0 saturated carbocycles. The van der Waals surface area contributed by atoms with Gasteiger partial charge in [0.25, 0.3) is 5.78 Å². The predicted molar refractivity (Wildman–Crippen MR) is 147 cm³/mol. The third-order valence-electron chi connectivity index (χ3n) is 7.21. The summed E-state index contributed by atoms with van der Waals surface area (Å²) >= 11 is 0. The summed E-state index contributed by atoms with van der Waals surface area (Å²) in [6.07, 6.45) is 0. The fraction of sp³-hybridized carbons (Fsp3) is 0.129. The molecule has 5 aromatic rings. The highest BCUT2D eigenvalue weighted by atomic mass is 16.5. The second kappa shape index (κ2) is 8.88. The first-order valence-corrected chi connectivity index (χ1v) is 12.3. The van der Waals surface area contributed by atoms with Crippen molar-refractivity contribution in [3.63, 3.8) is 0 Å². The van der Waals surface area contributed by atoms with Crippen molar-refractivity contribution in [3.8, 4) is 5.75 Å². The lowest BCUT2D eigenvalue weighted by molar-refractivity contribution is -0.132. The number of nitrogens with zero attached hydrogens (tertiary/aromatic N) is 2. The van der Waals surface area contributed by atoms with Gasteiger partial charge in [0.1, 0.15) is 11.5 Å². The highest BCUT2D eigenvalue weighted by molar-refractivity contribution is 6.51. The number of amides is 1. The van der Waals surface area contributed by atoms with Crippen molar-refractivity contribution < 1.29 is 19.4 Å². The van der Waals surface area contributed by atoms with Crippen LogP contribution in [-0.4, -0.2) is 33.9 Å². The zero-order chi connectivity index (χ0) is 26.6. The third-order valence-corrected chi connectivity index (χ3v) is 7.21. The van der Waals surface area contributed by atoms with E-state index in [0.29, 0.717) is 22.4 Å². The van der Waals surface area contributed by atoms with Crippen LogP contribution in [0, 0.1) is 13.8 Å². The number of aryl methyl sites for hydroxylation is 2. The minimum absolute atomic E-state index is 0.00302. The van der Waals surface area contributed by atoms with Crippen molar-refractivity contribution in [2.24, 2.45) is 0 Å². The van der Waals surface area contributed by atoms with E-state index >= 15 is 0 Å². The molecule has 4 aromatic carbocycles. The van der Waals surface area contributed by atoms with E-state index in [-0.39, 0.29) is 17.3 Å². The number of ketones is 1. The fourth-order valence-electron chi connectivity index (χ4n) is 5.01. The number of carbonyl (C=O) groups is 2. The number of hydrogen-bond donors (Lipinski definition) is 2. The summed E-state index contributed by atoms with van der Waals surface area (Å²) in [6, 6.07) is 23.3. The second-order valence-electron chi connectivity index (χ2n) is 9.52. The van der Waals surface area contributed by atoms with Crippen LogP contribution in [0.2, 0.25) is 0 Å². The topological polar surface area (TPSA) is 95.5 Å². The van der Waals surface area contributed by atoms with Gasteiger partial charge in [-0.25, -0.2) is 4.98 Å². The summed E-state index contributed by atoms with van der Waals surface area (Å²) < 4.78 is 5.30. The van der Waals surface area contributed by atoms with Crippen LogP contribution in [0.25, 0.3) is 27.6 Å². The maximum absolute atomic E-state index is 13.5. The van der Waals surface area contributed by atoms with Gasteiger partial charge in [-0.1, -0.05) is 48.5 Å². The van der Waals surface area contributed by atoms with Crippen molar-refractivity contribution in [3.05, 3.63) is 107 Å². The molecule has 1 fully saturated rings. The molecule has 7 nitrogen and oxygen atoms in total. The summed E-state index contributed by atoms with van der Waals surface area (Å²) in [5.41, 5.74) is 4.69. The van der Waals surface area contributed by atoms with Crippen molar-refractivity contribution >= 4 is 45.2 Å². The molecule has 1 aliphatic rings. The maximum atomic E-state index is 13.5. The Kier molecular flexibility index (Phi) is 5.49. The Morgan fingerprint density at radius 2 is 1.63 bits per heavy atom. The molecule has 6 rings (SSSR count). The molecule has 7 heteroatoms. The average Bonchev–Trinajstić information content (AvgIpc) is 3.45. The summed E-state index contributed by atoms with van der Waals surface area (Å²) in [7, 11) is 1.57. The molecular weight excluding hydrogens is 478 g/mol. The van der Waals surface area contributed by atoms with Crippen molar-refractivity contribution in [2.45, 2.75) is 19.9 Å². The van der Waals surface area contributed by atoms with Crippen LogP contribution >= 0.6 is 0 Å². The van der Waals surface area contributed by atoms with Gasteiger partial charge < -0.3 is 14.8 Å². The number of aromatic nitrogens is 2. The molecule has 1 aliphatic heterocycles. The number of aliphatic hydroxyl groups excluding tert-OH is 1. The molecule has 38 heavy (non-hydrogen) atoms. The zero-order valence-electron chi connectivity index (χ0n) is 21.1. The lowest BCUT2D eigenvalue weighted by Crippen LogP contribution is -2.30. The van der Waals surface area contributed by atoms with Crippen LogP contribution < -0.4 is 9.64 Å². The van der Waals surface area contributed by atoms with Gasteiger partial charge in [0.15, 0.2) is 0 Å². The Hall–Kier alpha value is -4.91. The molecule has 2 N–H and O–H groups in total. The number of anilines is 1. The number of hydrogen-bond acceptors (Lipinski definition) is 5. The van der Waals surface area contributed by atoms with Gasteiger partial charge in [0, 0.05) is 5.56 Å². The van der Waals surface area contributed by atoms with E-state index in [2.05, 4.69) is 9.97 Å². The molecule has 0 spiro atoms. The minimum Gasteiger partial charge on any atom is -0.507 e. The Morgan fingerprint density at radius 1 is 0.921 bits per heavy atom. The van der Waals surface area contributed by atoms with Gasteiger partial charge in [0.2, 0.25) is 5.95 Å². The van der Waals surface area contributed by atoms with E-state index in [9.17, 15) is 14.7 Å². The van der Waals surface area contributed by atoms with Gasteiger partial charge in [-0.2, -0.15) is 0 Å². The summed E-state index contributed by atoms with van der Waals surface area (Å²) in [5.74, 6) is -0.898. The number of H-pyrrole nitrogens is 1. The first-order chi connectivity index (χ1) is 18.4. The van der Waals surface area contributed by atoms with E-state index in [0.717, 1.165) is 27.4 Å². The highest BCUT2D eigenvalue weighted by Gasteiger charge is 2.48. The number of rotatable bonds is 4. The Labute approximate surface area is 219 Å². The number of imidazole rings is 1. The van der Waals surface area contributed by atoms with Crippen LogP contribution in [0.15, 0.2) is 84.4 Å². The molecule has 1 unspecified atom stereocenters. The third kappa shape index (κ3) is 3.71. The molecule has 188 valence electrons. The smallest absolute Gasteiger partial charge is 0.302 e. The number of aromatic amines is 1. The number of methoxy groups -OCH3 is 1.